The molecule has 4 rings (SSSR count). The van der Waals surface area contributed by atoms with Crippen LogP contribution < -0.4 is 0 Å². The number of benzene rings is 2. The zero-order chi connectivity index (χ0) is 31.6. The third kappa shape index (κ3) is 7.52. The van der Waals surface area contributed by atoms with Crippen LogP contribution in [-0.2, 0) is 18.9 Å². The van der Waals surface area contributed by atoms with E-state index in [4.69, 9.17) is 18.9 Å². The highest BCUT2D eigenvalue weighted by Crippen LogP contribution is 2.18. The van der Waals surface area contributed by atoms with Crippen LogP contribution in [0.2, 0.25) is 0 Å². The average molecular weight is 589 g/mol. The molecule has 0 aliphatic heterocycles. The first-order valence-corrected chi connectivity index (χ1v) is 12.8. The summed E-state index contributed by atoms with van der Waals surface area (Å²) in [7, 11) is 4.98. The Labute approximate surface area is 253 Å². The molecule has 2 heterocycles. The second-order valence-electron chi connectivity index (χ2n) is 8.92. The Bertz CT molecular complexity index is 1700. The Morgan fingerprint density at radius 3 is 1.05 bits per heavy atom. The Hall–Kier alpha value is -6.26. The van der Waals surface area contributed by atoms with Gasteiger partial charge in [0.05, 0.1) is 62.1 Å². The number of nitrogens with zero attached hydrogens (tertiary/aromatic N) is 2. The Balaban J connectivity index is 1.64. The predicted molar refractivity (Wildman–Crippen MR) is 158 cm³/mol. The predicted octanol–water partition coefficient (Wildman–Crippen LogP) is 4.09. The van der Waals surface area contributed by atoms with Crippen molar-refractivity contribution in [3.05, 3.63) is 118 Å². The van der Waals surface area contributed by atoms with Crippen LogP contribution in [0.3, 0.4) is 0 Å². The monoisotopic (exact) mass is 588 g/mol. The summed E-state index contributed by atoms with van der Waals surface area (Å²) in [5.74, 6) is 9.50. The topological polar surface area (TPSA) is 131 Å². The van der Waals surface area contributed by atoms with Crippen molar-refractivity contribution in [1.29, 1.82) is 0 Å². The van der Waals surface area contributed by atoms with Crippen LogP contribution >= 0.6 is 0 Å². The van der Waals surface area contributed by atoms with Crippen molar-refractivity contribution in [2.75, 3.05) is 28.4 Å². The van der Waals surface area contributed by atoms with Crippen LogP contribution in [-0.4, -0.2) is 62.3 Å². The minimum Gasteiger partial charge on any atom is -0.465 e. The molecule has 0 amide bonds. The van der Waals surface area contributed by atoms with Gasteiger partial charge in [-0.1, -0.05) is 23.7 Å². The molecule has 2 aromatic carbocycles. The summed E-state index contributed by atoms with van der Waals surface area (Å²) in [6.45, 7) is 0. The lowest BCUT2D eigenvalue weighted by Gasteiger charge is -2.05. The summed E-state index contributed by atoms with van der Waals surface area (Å²) in [5.41, 5.74) is 3.73. The third-order valence-electron chi connectivity index (χ3n) is 6.04. The van der Waals surface area contributed by atoms with Gasteiger partial charge in [0.25, 0.3) is 0 Å². The van der Waals surface area contributed by atoms with Gasteiger partial charge in [-0.3, -0.25) is 9.97 Å². The number of esters is 4. The summed E-state index contributed by atoms with van der Waals surface area (Å²) in [6, 6.07) is 15.7. The number of methoxy groups -OCH3 is 4. The maximum Gasteiger partial charge on any atom is 0.337 e. The highest BCUT2D eigenvalue weighted by atomic mass is 16.5. The molecule has 0 saturated carbocycles. The normalized spacial score (nSPS) is 9.82. The smallest absolute Gasteiger partial charge is 0.337 e. The molecule has 2 aromatic heterocycles. The minimum atomic E-state index is -0.612. The van der Waals surface area contributed by atoms with Gasteiger partial charge in [0.1, 0.15) is 0 Å². The van der Waals surface area contributed by atoms with Crippen molar-refractivity contribution < 1.29 is 38.1 Å². The number of ether oxygens (including phenoxy) is 4. The Morgan fingerprint density at radius 2 is 0.750 bits per heavy atom. The van der Waals surface area contributed by atoms with Crippen molar-refractivity contribution in [2.45, 2.75) is 0 Å². The van der Waals surface area contributed by atoms with Crippen molar-refractivity contribution in [3.63, 3.8) is 0 Å². The Morgan fingerprint density at radius 1 is 0.455 bits per heavy atom. The van der Waals surface area contributed by atoms with E-state index < -0.39 is 23.9 Å². The van der Waals surface area contributed by atoms with E-state index in [-0.39, 0.29) is 22.3 Å². The minimum absolute atomic E-state index is 0.163. The molecule has 0 radical (unpaired) electrons. The lowest BCUT2D eigenvalue weighted by Crippen LogP contribution is -2.07. The van der Waals surface area contributed by atoms with Crippen molar-refractivity contribution in [3.8, 4) is 35.1 Å². The molecule has 0 unspecified atom stereocenters. The van der Waals surface area contributed by atoms with E-state index in [0.29, 0.717) is 33.6 Å². The molecule has 0 atom stereocenters. The van der Waals surface area contributed by atoms with Gasteiger partial charge in [-0.25, -0.2) is 19.2 Å². The highest BCUT2D eigenvalue weighted by molar-refractivity contribution is 5.97. The molecule has 10 heteroatoms. The van der Waals surface area contributed by atoms with E-state index in [9.17, 15) is 19.2 Å². The molecule has 0 spiro atoms. The van der Waals surface area contributed by atoms with Crippen molar-refractivity contribution >= 4 is 23.9 Å². The van der Waals surface area contributed by atoms with Crippen LogP contribution in [0.1, 0.15) is 63.7 Å². The van der Waals surface area contributed by atoms with Gasteiger partial charge >= 0.3 is 23.9 Å². The van der Waals surface area contributed by atoms with Crippen LogP contribution in [0.4, 0.5) is 0 Å². The van der Waals surface area contributed by atoms with Crippen molar-refractivity contribution in [2.24, 2.45) is 0 Å². The van der Waals surface area contributed by atoms with Crippen LogP contribution in [0.5, 0.6) is 0 Å². The molecule has 0 bridgehead atoms. The van der Waals surface area contributed by atoms with Gasteiger partial charge in [0.2, 0.25) is 0 Å². The summed E-state index contributed by atoms with van der Waals surface area (Å²) in [5, 5.41) is 0. The molecule has 0 saturated heterocycles. The highest BCUT2D eigenvalue weighted by Gasteiger charge is 2.14. The fourth-order valence-corrected chi connectivity index (χ4v) is 3.93. The number of rotatable bonds is 5. The van der Waals surface area contributed by atoms with E-state index in [1.54, 1.807) is 36.7 Å². The molecule has 0 aliphatic carbocycles. The summed E-state index contributed by atoms with van der Waals surface area (Å²) < 4.78 is 19.1. The fraction of sp³-hybridized carbons (Fsp3) is 0.118. The first-order valence-electron chi connectivity index (χ1n) is 12.8. The van der Waals surface area contributed by atoms with E-state index in [1.165, 1.54) is 64.8 Å². The third-order valence-corrected chi connectivity index (χ3v) is 6.04. The maximum absolute atomic E-state index is 12.1. The number of aromatic nitrogens is 2. The number of carbonyl (C=O) groups excluding carboxylic acids is 4. The van der Waals surface area contributed by atoms with Crippen LogP contribution in [0.25, 0.3) is 11.4 Å². The van der Waals surface area contributed by atoms with Gasteiger partial charge in [-0.05, 0) is 60.7 Å². The van der Waals surface area contributed by atoms with Crippen LogP contribution in [0.15, 0.2) is 73.1 Å². The van der Waals surface area contributed by atoms with Gasteiger partial charge in [0, 0.05) is 34.6 Å². The molecule has 0 aliphatic rings. The number of hydrogen-bond acceptors (Lipinski definition) is 10. The maximum atomic E-state index is 12.1. The van der Waals surface area contributed by atoms with Crippen molar-refractivity contribution in [1.82, 2.24) is 9.97 Å². The molecule has 0 fully saturated rings. The van der Waals surface area contributed by atoms with E-state index in [1.807, 2.05) is 0 Å². The SMILES string of the molecule is COC(=O)c1cc(C#Cc2ccnc(-c3cc(C#Cc4cc(C(=O)OC)cc(C(=O)OC)c4)ccn3)c2)cc(C(=O)OC)c1. The van der Waals surface area contributed by atoms with E-state index in [2.05, 4.69) is 33.6 Å². The Kier molecular flexibility index (Phi) is 9.82. The zero-order valence-electron chi connectivity index (χ0n) is 24.1. The molecule has 0 N–H and O–H groups in total. The van der Waals surface area contributed by atoms with Gasteiger partial charge < -0.3 is 18.9 Å². The first-order chi connectivity index (χ1) is 21.2. The summed E-state index contributed by atoms with van der Waals surface area (Å²) >= 11 is 0. The quantitative estimate of drug-likeness (QED) is 0.191. The van der Waals surface area contributed by atoms with Gasteiger partial charge in [0.15, 0.2) is 0 Å². The van der Waals surface area contributed by atoms with Crippen LogP contribution in [0, 0.1) is 23.7 Å². The fourth-order valence-electron chi connectivity index (χ4n) is 3.93. The first kappa shape index (κ1) is 30.7. The molecular weight excluding hydrogens is 564 g/mol. The average Bonchev–Trinajstić information content (AvgIpc) is 3.08. The lowest BCUT2D eigenvalue weighted by molar-refractivity contribution is 0.0581. The number of carbonyl (C=O) groups is 4. The number of hydrogen-bond donors (Lipinski definition) is 0. The number of pyridine rings is 2. The largest absolute Gasteiger partial charge is 0.465 e. The molecule has 44 heavy (non-hydrogen) atoms. The van der Waals surface area contributed by atoms with E-state index in [0.717, 1.165) is 0 Å². The second kappa shape index (κ2) is 14.1. The molecule has 218 valence electrons. The van der Waals surface area contributed by atoms with Gasteiger partial charge in [-0.15, -0.1) is 0 Å². The lowest BCUT2D eigenvalue weighted by atomic mass is 10.0. The van der Waals surface area contributed by atoms with E-state index >= 15 is 0 Å². The molecular formula is C34H24N2O8. The standard InChI is InChI=1S/C34H24N2O8/c1-41-31(37)25-13-23(14-26(19-25)32(38)42-2)7-5-21-9-11-35-29(17-21)30-18-22(10-12-36-30)6-8-24-15-27(33(39)43-3)20-28(16-24)34(40)44-4/h9-20H,1-4H3. The van der Waals surface area contributed by atoms with Gasteiger partial charge in [-0.2, -0.15) is 0 Å². The molecule has 4 aromatic rings. The molecule has 10 nitrogen and oxygen atoms in total. The second-order valence-corrected chi connectivity index (χ2v) is 8.92. The summed E-state index contributed by atoms with van der Waals surface area (Å²) in [6.07, 6.45) is 3.16. The zero-order valence-corrected chi connectivity index (χ0v) is 24.1. The summed E-state index contributed by atoms with van der Waals surface area (Å²) in [4.78, 5) is 57.1.